The van der Waals surface area contributed by atoms with Gasteiger partial charge in [-0.2, -0.15) is 5.10 Å². The molecule has 3 N–H and O–H groups in total. The van der Waals surface area contributed by atoms with E-state index in [0.717, 1.165) is 5.69 Å². The van der Waals surface area contributed by atoms with Crippen molar-refractivity contribution in [3.8, 4) is 5.69 Å². The van der Waals surface area contributed by atoms with Gasteiger partial charge in [0.1, 0.15) is 0 Å². The zero-order valence-corrected chi connectivity index (χ0v) is 11.3. The summed E-state index contributed by atoms with van der Waals surface area (Å²) in [6.07, 6.45) is 1.73. The molecule has 0 fully saturated rings. The molecular weight excluding hydrogens is 240 g/mol. The quantitative estimate of drug-likeness (QED) is 0.809. The molecule has 0 saturated heterocycles. The number of nitrogens with zero attached hydrogens (tertiary/aromatic N) is 2. The minimum atomic E-state index is -0.285. The third kappa shape index (κ3) is 3.13. The largest absolute Gasteiger partial charge is 0.397 e. The Morgan fingerprint density at radius 3 is 2.58 bits per heavy atom. The Morgan fingerprint density at radius 2 is 1.95 bits per heavy atom. The van der Waals surface area contributed by atoms with Gasteiger partial charge in [0.2, 0.25) is 0 Å². The van der Waals surface area contributed by atoms with E-state index in [0.29, 0.717) is 11.4 Å². The highest BCUT2D eigenvalue weighted by Gasteiger charge is 2.17. The van der Waals surface area contributed by atoms with Crippen molar-refractivity contribution in [2.24, 2.45) is 0 Å². The number of carbonyl (C=O) groups is 1. The van der Waals surface area contributed by atoms with Gasteiger partial charge in [-0.05, 0) is 39.0 Å². The first-order valence-electron chi connectivity index (χ1n) is 6.10. The molecule has 19 heavy (non-hydrogen) atoms. The van der Waals surface area contributed by atoms with Crippen molar-refractivity contribution in [3.05, 3.63) is 42.2 Å². The number of anilines is 1. The van der Waals surface area contributed by atoms with E-state index in [1.54, 1.807) is 23.0 Å². The van der Waals surface area contributed by atoms with Crippen molar-refractivity contribution in [2.45, 2.75) is 26.3 Å². The standard InChI is InChI=1S/C14H18N4O/c1-14(2,3)16-13(19)11-8-9-18(17-11)12-7-5-4-6-10(12)15/h4-9H,15H2,1-3H3,(H,16,19). The molecule has 0 radical (unpaired) electrons. The van der Waals surface area contributed by atoms with Crippen LogP contribution in [0.25, 0.3) is 5.69 Å². The van der Waals surface area contributed by atoms with E-state index in [-0.39, 0.29) is 11.4 Å². The van der Waals surface area contributed by atoms with Crippen molar-refractivity contribution in [1.29, 1.82) is 0 Å². The third-order valence-corrected chi connectivity index (χ3v) is 2.49. The van der Waals surface area contributed by atoms with Crippen molar-refractivity contribution in [3.63, 3.8) is 0 Å². The summed E-state index contributed by atoms with van der Waals surface area (Å²) in [6.45, 7) is 5.78. The van der Waals surface area contributed by atoms with Crippen LogP contribution in [0.3, 0.4) is 0 Å². The highest BCUT2D eigenvalue weighted by molar-refractivity contribution is 5.92. The zero-order chi connectivity index (χ0) is 14.0. The molecule has 2 aromatic rings. The zero-order valence-electron chi connectivity index (χ0n) is 11.3. The van der Waals surface area contributed by atoms with Crippen molar-refractivity contribution < 1.29 is 4.79 Å². The van der Waals surface area contributed by atoms with Crippen LogP contribution in [0.15, 0.2) is 36.5 Å². The second kappa shape index (κ2) is 4.76. The topological polar surface area (TPSA) is 72.9 Å². The maximum Gasteiger partial charge on any atom is 0.272 e. The number of nitrogens with one attached hydrogen (secondary N) is 1. The van der Waals surface area contributed by atoms with Crippen LogP contribution in [0.1, 0.15) is 31.3 Å². The number of nitrogens with two attached hydrogens (primary N) is 1. The van der Waals surface area contributed by atoms with Gasteiger partial charge in [-0.25, -0.2) is 4.68 Å². The molecule has 0 aliphatic heterocycles. The molecule has 5 nitrogen and oxygen atoms in total. The second-order valence-electron chi connectivity index (χ2n) is 5.41. The molecule has 2 rings (SSSR count). The van der Waals surface area contributed by atoms with Crippen LogP contribution in [0, 0.1) is 0 Å². The van der Waals surface area contributed by atoms with E-state index >= 15 is 0 Å². The lowest BCUT2D eigenvalue weighted by Gasteiger charge is -2.19. The smallest absolute Gasteiger partial charge is 0.272 e. The number of amides is 1. The molecule has 0 aliphatic rings. The van der Waals surface area contributed by atoms with Gasteiger partial charge in [-0.1, -0.05) is 12.1 Å². The fourth-order valence-corrected chi connectivity index (χ4v) is 1.68. The monoisotopic (exact) mass is 258 g/mol. The van der Waals surface area contributed by atoms with E-state index in [4.69, 9.17) is 5.73 Å². The fourth-order valence-electron chi connectivity index (χ4n) is 1.68. The Kier molecular flexibility index (Phi) is 3.29. The second-order valence-corrected chi connectivity index (χ2v) is 5.41. The maximum absolute atomic E-state index is 12.0. The Balaban J connectivity index is 2.25. The first kappa shape index (κ1) is 13.1. The van der Waals surface area contributed by atoms with Gasteiger partial charge in [-0.15, -0.1) is 0 Å². The summed E-state index contributed by atoms with van der Waals surface area (Å²) in [7, 11) is 0. The number of hydrogen-bond donors (Lipinski definition) is 2. The van der Waals surface area contributed by atoms with Gasteiger partial charge in [0, 0.05) is 11.7 Å². The van der Waals surface area contributed by atoms with Crippen LogP contribution in [0.5, 0.6) is 0 Å². The molecule has 100 valence electrons. The number of nitrogen functional groups attached to an aromatic ring is 1. The van der Waals surface area contributed by atoms with Crippen LogP contribution >= 0.6 is 0 Å². The Morgan fingerprint density at radius 1 is 1.26 bits per heavy atom. The van der Waals surface area contributed by atoms with Crippen molar-refractivity contribution >= 4 is 11.6 Å². The van der Waals surface area contributed by atoms with Gasteiger partial charge >= 0.3 is 0 Å². The molecule has 0 saturated carbocycles. The summed E-state index contributed by atoms with van der Waals surface area (Å²) in [6, 6.07) is 9.06. The molecule has 0 aliphatic carbocycles. The Labute approximate surface area is 112 Å². The summed E-state index contributed by atoms with van der Waals surface area (Å²) >= 11 is 0. The molecule has 1 heterocycles. The van der Waals surface area contributed by atoms with Gasteiger partial charge < -0.3 is 11.1 Å². The molecule has 1 aromatic heterocycles. The number of hydrogen-bond acceptors (Lipinski definition) is 3. The first-order chi connectivity index (χ1) is 8.87. The highest BCUT2D eigenvalue weighted by Crippen LogP contribution is 2.15. The van der Waals surface area contributed by atoms with E-state index in [2.05, 4.69) is 10.4 Å². The summed E-state index contributed by atoms with van der Waals surface area (Å²) in [4.78, 5) is 12.0. The fraction of sp³-hybridized carbons (Fsp3) is 0.286. The normalized spacial score (nSPS) is 11.3. The van der Waals surface area contributed by atoms with E-state index < -0.39 is 0 Å². The minimum Gasteiger partial charge on any atom is -0.397 e. The predicted octanol–water partition coefficient (Wildman–Crippen LogP) is 1.98. The summed E-state index contributed by atoms with van der Waals surface area (Å²) < 4.78 is 1.60. The average Bonchev–Trinajstić information content (AvgIpc) is 2.76. The van der Waals surface area contributed by atoms with E-state index in [1.807, 2.05) is 39.0 Å². The van der Waals surface area contributed by atoms with Gasteiger partial charge in [0.25, 0.3) is 5.91 Å². The van der Waals surface area contributed by atoms with Crippen LogP contribution in [-0.4, -0.2) is 21.2 Å². The molecule has 1 aromatic carbocycles. The van der Waals surface area contributed by atoms with E-state index in [9.17, 15) is 4.79 Å². The Bertz CT molecular complexity index is 595. The van der Waals surface area contributed by atoms with E-state index in [1.165, 1.54) is 0 Å². The molecule has 5 heteroatoms. The van der Waals surface area contributed by atoms with Crippen LogP contribution < -0.4 is 11.1 Å². The SMILES string of the molecule is CC(C)(C)NC(=O)c1ccn(-c2ccccc2N)n1. The molecule has 0 bridgehead atoms. The number of rotatable bonds is 2. The van der Waals surface area contributed by atoms with Gasteiger partial charge in [0.05, 0.1) is 11.4 Å². The number of carbonyl (C=O) groups excluding carboxylic acids is 1. The maximum atomic E-state index is 12.0. The molecule has 0 unspecified atom stereocenters. The third-order valence-electron chi connectivity index (χ3n) is 2.49. The summed E-state index contributed by atoms with van der Waals surface area (Å²) in [5.74, 6) is -0.194. The van der Waals surface area contributed by atoms with Gasteiger partial charge in [0.15, 0.2) is 5.69 Å². The molecule has 1 amide bonds. The van der Waals surface area contributed by atoms with Crippen LogP contribution in [-0.2, 0) is 0 Å². The molecule has 0 atom stereocenters. The van der Waals surface area contributed by atoms with Crippen molar-refractivity contribution in [1.82, 2.24) is 15.1 Å². The minimum absolute atomic E-state index is 0.194. The summed E-state index contributed by atoms with van der Waals surface area (Å²) in [5.41, 5.74) is 7.35. The number of aromatic nitrogens is 2. The lowest BCUT2D eigenvalue weighted by molar-refractivity contribution is 0.0914. The van der Waals surface area contributed by atoms with Crippen LogP contribution in [0.2, 0.25) is 0 Å². The first-order valence-corrected chi connectivity index (χ1v) is 6.10. The summed E-state index contributed by atoms with van der Waals surface area (Å²) in [5, 5.41) is 7.12. The van der Waals surface area contributed by atoms with Crippen LogP contribution in [0.4, 0.5) is 5.69 Å². The predicted molar refractivity (Wildman–Crippen MR) is 75.2 cm³/mol. The number of para-hydroxylation sites is 2. The highest BCUT2D eigenvalue weighted by atomic mass is 16.2. The lowest BCUT2D eigenvalue weighted by atomic mass is 10.1. The number of benzene rings is 1. The lowest BCUT2D eigenvalue weighted by Crippen LogP contribution is -2.40. The van der Waals surface area contributed by atoms with Crippen molar-refractivity contribution in [2.75, 3.05) is 5.73 Å². The van der Waals surface area contributed by atoms with Gasteiger partial charge in [-0.3, -0.25) is 4.79 Å². The molecule has 0 spiro atoms. The molecular formula is C14H18N4O. The Hall–Kier alpha value is -2.30. The average molecular weight is 258 g/mol.